The molecule has 0 aromatic carbocycles. The number of amides is 1. The van der Waals surface area contributed by atoms with Gasteiger partial charge in [0, 0.05) is 25.7 Å². The number of rotatable bonds is 6. The van der Waals surface area contributed by atoms with Gasteiger partial charge in [-0.05, 0) is 0 Å². The summed E-state index contributed by atoms with van der Waals surface area (Å²) in [7, 11) is 0. The molecule has 1 rings (SSSR count). The largest absolute Gasteiger partial charge is 0.370 e. The Bertz CT molecular complexity index is 148. The van der Waals surface area contributed by atoms with Crippen LogP contribution >= 0.6 is 0 Å². The van der Waals surface area contributed by atoms with Crippen LogP contribution in [0.15, 0.2) is 0 Å². The first-order chi connectivity index (χ1) is 5.79. The molecule has 1 amide bonds. The Hall–Kier alpha value is -0.650. The van der Waals surface area contributed by atoms with E-state index in [2.05, 4.69) is 10.6 Å². The van der Waals surface area contributed by atoms with E-state index >= 15 is 0 Å². The topological polar surface area (TPSA) is 76.4 Å². The molecular formula is C7H15N3O2. The van der Waals surface area contributed by atoms with Crippen LogP contribution in [-0.4, -0.2) is 44.8 Å². The molecule has 0 aromatic heterocycles. The van der Waals surface area contributed by atoms with E-state index in [1.165, 1.54) is 0 Å². The lowest BCUT2D eigenvalue weighted by Gasteiger charge is -2.27. The maximum absolute atomic E-state index is 10.2. The molecule has 1 fully saturated rings. The zero-order valence-corrected chi connectivity index (χ0v) is 7.01. The minimum Gasteiger partial charge on any atom is -0.370 e. The number of ether oxygens (including phenoxy) is 1. The van der Waals surface area contributed by atoms with Crippen molar-refractivity contribution in [3.8, 4) is 0 Å². The number of carbonyl (C=O) groups is 1. The molecular weight excluding hydrogens is 158 g/mol. The number of nitrogens with one attached hydrogen (secondary N) is 2. The van der Waals surface area contributed by atoms with Gasteiger partial charge in [-0.1, -0.05) is 0 Å². The van der Waals surface area contributed by atoms with Crippen LogP contribution in [0.2, 0.25) is 0 Å². The van der Waals surface area contributed by atoms with Crippen molar-refractivity contribution in [3.05, 3.63) is 0 Å². The number of nitrogens with two attached hydrogens (primary N) is 1. The van der Waals surface area contributed by atoms with E-state index in [1.807, 2.05) is 0 Å². The third-order valence-electron chi connectivity index (χ3n) is 1.71. The summed E-state index contributed by atoms with van der Waals surface area (Å²) in [5.74, 6) is -0.416. The van der Waals surface area contributed by atoms with Crippen LogP contribution in [-0.2, 0) is 9.53 Å². The zero-order valence-electron chi connectivity index (χ0n) is 7.01. The van der Waals surface area contributed by atoms with Gasteiger partial charge in [-0.25, -0.2) is 0 Å². The van der Waals surface area contributed by atoms with Crippen LogP contribution in [0, 0.1) is 0 Å². The van der Waals surface area contributed by atoms with Crippen LogP contribution in [0.25, 0.3) is 0 Å². The minimum atomic E-state index is -0.416. The van der Waals surface area contributed by atoms with E-state index in [9.17, 15) is 4.79 Å². The Balaban J connectivity index is 1.79. The summed E-state index contributed by atoms with van der Waals surface area (Å²) in [5, 5.41) is 6.40. The van der Waals surface area contributed by atoms with Gasteiger partial charge in [0.1, 0.15) is 6.61 Å². The van der Waals surface area contributed by atoms with Crippen LogP contribution < -0.4 is 16.4 Å². The molecule has 5 nitrogen and oxygen atoms in total. The number of carbonyl (C=O) groups excluding carboxylic acids is 1. The Morgan fingerprint density at radius 2 is 2.42 bits per heavy atom. The molecule has 1 saturated heterocycles. The highest BCUT2D eigenvalue weighted by Crippen LogP contribution is 1.88. The molecule has 4 N–H and O–H groups in total. The van der Waals surface area contributed by atoms with Gasteiger partial charge in [-0.2, -0.15) is 0 Å². The number of hydrogen-bond acceptors (Lipinski definition) is 4. The molecule has 0 spiro atoms. The second-order valence-corrected chi connectivity index (χ2v) is 2.83. The van der Waals surface area contributed by atoms with Gasteiger partial charge < -0.3 is 21.1 Å². The molecule has 0 aromatic rings. The highest BCUT2D eigenvalue weighted by atomic mass is 16.5. The highest BCUT2D eigenvalue weighted by Gasteiger charge is 2.14. The first-order valence-corrected chi connectivity index (χ1v) is 4.09. The molecule has 0 bridgehead atoms. The molecule has 0 aliphatic carbocycles. The van der Waals surface area contributed by atoms with Crippen molar-refractivity contribution < 1.29 is 9.53 Å². The van der Waals surface area contributed by atoms with Gasteiger partial charge in [-0.3, -0.25) is 4.79 Å². The Morgan fingerprint density at radius 3 is 2.92 bits per heavy atom. The minimum absolute atomic E-state index is 0.0184. The van der Waals surface area contributed by atoms with E-state index in [1.54, 1.807) is 0 Å². The third-order valence-corrected chi connectivity index (χ3v) is 1.71. The van der Waals surface area contributed by atoms with Crippen LogP contribution in [0.5, 0.6) is 0 Å². The predicted octanol–water partition coefficient (Wildman–Crippen LogP) is -1.95. The fourth-order valence-electron chi connectivity index (χ4n) is 0.941. The lowest BCUT2D eigenvalue weighted by atomic mass is 10.2. The summed E-state index contributed by atoms with van der Waals surface area (Å²) in [6, 6.07) is 0.571. The van der Waals surface area contributed by atoms with Gasteiger partial charge in [0.2, 0.25) is 5.91 Å². The molecule has 0 unspecified atom stereocenters. The molecule has 1 heterocycles. The van der Waals surface area contributed by atoms with E-state index in [4.69, 9.17) is 10.5 Å². The lowest BCUT2D eigenvalue weighted by molar-refractivity contribution is -0.122. The van der Waals surface area contributed by atoms with Crippen molar-refractivity contribution in [2.75, 3.05) is 32.8 Å². The molecule has 1 aliphatic rings. The fourth-order valence-corrected chi connectivity index (χ4v) is 0.941. The standard InChI is InChI=1S/C7H15N3O2/c8-7(11)5-12-2-1-10-6-3-9-4-6/h6,9-10H,1-5H2,(H2,8,11). The van der Waals surface area contributed by atoms with E-state index in [0.717, 1.165) is 19.6 Å². The monoisotopic (exact) mass is 173 g/mol. The average Bonchev–Trinajstić information content (AvgIpc) is 1.92. The second-order valence-electron chi connectivity index (χ2n) is 2.83. The van der Waals surface area contributed by atoms with Crippen molar-refractivity contribution in [1.82, 2.24) is 10.6 Å². The second kappa shape index (κ2) is 5.08. The van der Waals surface area contributed by atoms with E-state index < -0.39 is 5.91 Å². The predicted molar refractivity (Wildman–Crippen MR) is 44.7 cm³/mol. The molecule has 12 heavy (non-hydrogen) atoms. The van der Waals surface area contributed by atoms with E-state index in [-0.39, 0.29) is 6.61 Å². The van der Waals surface area contributed by atoms with Crippen LogP contribution in [0.4, 0.5) is 0 Å². The smallest absolute Gasteiger partial charge is 0.243 e. The van der Waals surface area contributed by atoms with Crippen LogP contribution in [0.3, 0.4) is 0 Å². The molecule has 70 valence electrons. The normalized spacial score (nSPS) is 17.3. The maximum Gasteiger partial charge on any atom is 0.243 e. The number of primary amides is 1. The Labute approximate surface area is 71.6 Å². The summed E-state index contributed by atoms with van der Waals surface area (Å²) in [5.41, 5.74) is 4.88. The third kappa shape index (κ3) is 3.66. The van der Waals surface area contributed by atoms with Gasteiger partial charge >= 0.3 is 0 Å². The molecule has 0 saturated carbocycles. The van der Waals surface area contributed by atoms with Gasteiger partial charge in [0.25, 0.3) is 0 Å². The van der Waals surface area contributed by atoms with Crippen LogP contribution in [0.1, 0.15) is 0 Å². The first kappa shape index (κ1) is 9.44. The van der Waals surface area contributed by atoms with Gasteiger partial charge in [0.15, 0.2) is 0 Å². The maximum atomic E-state index is 10.2. The van der Waals surface area contributed by atoms with Gasteiger partial charge in [0.05, 0.1) is 6.61 Å². The molecule has 5 heteroatoms. The van der Waals surface area contributed by atoms with Crippen molar-refractivity contribution in [3.63, 3.8) is 0 Å². The molecule has 1 aliphatic heterocycles. The van der Waals surface area contributed by atoms with Crippen molar-refractivity contribution in [2.45, 2.75) is 6.04 Å². The average molecular weight is 173 g/mol. The summed E-state index contributed by atoms with van der Waals surface area (Å²) < 4.78 is 4.96. The van der Waals surface area contributed by atoms with E-state index in [0.29, 0.717) is 12.6 Å². The quantitative estimate of drug-likeness (QED) is 0.408. The fraction of sp³-hybridized carbons (Fsp3) is 0.857. The summed E-state index contributed by atoms with van der Waals surface area (Å²) >= 11 is 0. The molecule has 0 radical (unpaired) electrons. The summed E-state index contributed by atoms with van der Waals surface area (Å²) in [6.45, 7) is 3.38. The lowest BCUT2D eigenvalue weighted by Crippen LogP contribution is -2.55. The number of hydrogen-bond donors (Lipinski definition) is 3. The van der Waals surface area contributed by atoms with Gasteiger partial charge in [-0.15, -0.1) is 0 Å². The Kier molecular flexibility index (Phi) is 3.99. The SMILES string of the molecule is NC(=O)COCCNC1CNC1. The molecule has 0 atom stereocenters. The summed E-state index contributed by atoms with van der Waals surface area (Å²) in [6.07, 6.45) is 0. The summed E-state index contributed by atoms with van der Waals surface area (Å²) in [4.78, 5) is 10.2. The first-order valence-electron chi connectivity index (χ1n) is 4.09. The highest BCUT2D eigenvalue weighted by molar-refractivity contribution is 5.74. The zero-order chi connectivity index (χ0) is 8.81. The van der Waals surface area contributed by atoms with Crippen molar-refractivity contribution >= 4 is 5.91 Å². The Morgan fingerprint density at radius 1 is 1.67 bits per heavy atom. The van der Waals surface area contributed by atoms with Crippen molar-refractivity contribution in [2.24, 2.45) is 5.73 Å². The van der Waals surface area contributed by atoms with Crippen molar-refractivity contribution in [1.29, 1.82) is 0 Å².